The van der Waals surface area contributed by atoms with E-state index in [1.807, 2.05) is 0 Å². The molecule has 3 aromatic heterocycles. The Morgan fingerprint density at radius 3 is 2.35 bits per heavy atom. The van der Waals surface area contributed by atoms with Crippen molar-refractivity contribution in [2.45, 2.75) is 31.9 Å². The van der Waals surface area contributed by atoms with E-state index in [1.165, 1.54) is 26.2 Å². The molecule has 4 N–H and O–H groups in total. The SMILES string of the molecule is CC(C)(O)c1ncc(-c2nc3c(N[C@@H](c4cc(C(N)=O)ccc4F)C(F)F)c(Cl)cnc3cc2F)cn1. The molecule has 1 atom stereocenters. The Kier molecular flexibility index (Phi) is 6.98. The van der Waals surface area contributed by atoms with Crippen molar-refractivity contribution >= 4 is 34.2 Å². The number of carbonyl (C=O) groups is 1. The summed E-state index contributed by atoms with van der Waals surface area (Å²) < 4.78 is 57.7. The number of pyridine rings is 2. The molecule has 13 heteroatoms. The van der Waals surface area contributed by atoms with E-state index in [4.69, 9.17) is 17.3 Å². The molecule has 4 rings (SSSR count). The van der Waals surface area contributed by atoms with E-state index >= 15 is 0 Å². The van der Waals surface area contributed by atoms with Crippen LogP contribution in [-0.2, 0) is 5.60 Å². The third kappa shape index (κ3) is 5.30. The van der Waals surface area contributed by atoms with Gasteiger partial charge in [-0.15, -0.1) is 0 Å². The molecule has 0 saturated carbocycles. The van der Waals surface area contributed by atoms with Gasteiger partial charge >= 0.3 is 0 Å². The number of alkyl halides is 2. The third-order valence-corrected chi connectivity index (χ3v) is 5.67. The van der Waals surface area contributed by atoms with Crippen molar-refractivity contribution in [3.05, 3.63) is 76.5 Å². The zero-order valence-electron chi connectivity index (χ0n) is 19.3. The quantitative estimate of drug-likeness (QED) is 0.292. The first-order chi connectivity index (χ1) is 17.4. The number of primary amides is 1. The van der Waals surface area contributed by atoms with Gasteiger partial charge in [0, 0.05) is 41.3 Å². The van der Waals surface area contributed by atoms with Gasteiger partial charge in [0.05, 0.1) is 16.2 Å². The maximum atomic E-state index is 14.9. The number of aliphatic hydroxyl groups is 1. The van der Waals surface area contributed by atoms with Crippen LogP contribution in [0.3, 0.4) is 0 Å². The summed E-state index contributed by atoms with van der Waals surface area (Å²) in [5, 5.41) is 12.4. The number of halogens is 5. The second kappa shape index (κ2) is 9.87. The summed E-state index contributed by atoms with van der Waals surface area (Å²) in [4.78, 5) is 27.8. The summed E-state index contributed by atoms with van der Waals surface area (Å²) in [7, 11) is 0. The summed E-state index contributed by atoms with van der Waals surface area (Å²) in [6.07, 6.45) is 0.428. The van der Waals surface area contributed by atoms with Crippen molar-refractivity contribution < 1.29 is 27.5 Å². The fraction of sp³-hybridized carbons (Fsp3) is 0.208. The predicted molar refractivity (Wildman–Crippen MR) is 128 cm³/mol. The predicted octanol–water partition coefficient (Wildman–Crippen LogP) is 4.76. The van der Waals surface area contributed by atoms with E-state index in [9.17, 15) is 27.5 Å². The fourth-order valence-corrected chi connectivity index (χ4v) is 3.73. The molecule has 0 unspecified atom stereocenters. The zero-order chi connectivity index (χ0) is 27.1. The van der Waals surface area contributed by atoms with E-state index in [0.29, 0.717) is 0 Å². The highest BCUT2D eigenvalue weighted by Gasteiger charge is 2.28. The smallest absolute Gasteiger partial charge is 0.262 e. The second-order valence-corrected chi connectivity index (χ2v) is 8.99. The van der Waals surface area contributed by atoms with E-state index in [0.717, 1.165) is 30.5 Å². The highest BCUT2D eigenvalue weighted by molar-refractivity contribution is 6.34. The number of nitrogens with zero attached hydrogens (tertiary/aromatic N) is 4. The first-order valence-electron chi connectivity index (χ1n) is 10.7. The lowest BCUT2D eigenvalue weighted by molar-refractivity contribution is 0.0687. The maximum absolute atomic E-state index is 14.9. The Morgan fingerprint density at radius 1 is 1.08 bits per heavy atom. The minimum Gasteiger partial charge on any atom is -0.382 e. The van der Waals surface area contributed by atoms with Gasteiger partial charge in [-0.1, -0.05) is 11.6 Å². The van der Waals surface area contributed by atoms with Crippen LogP contribution in [0.15, 0.2) is 42.9 Å². The molecule has 3 heterocycles. The Hall–Kier alpha value is -3.90. The van der Waals surface area contributed by atoms with Gasteiger partial charge in [-0.05, 0) is 32.0 Å². The minimum absolute atomic E-state index is 0.0263. The molecule has 0 aliphatic carbocycles. The number of hydrogen-bond acceptors (Lipinski definition) is 7. The molecule has 0 bridgehead atoms. The number of carbonyl (C=O) groups excluding carboxylic acids is 1. The summed E-state index contributed by atoms with van der Waals surface area (Å²) in [6, 6.07) is 1.88. The molecule has 192 valence electrons. The zero-order valence-corrected chi connectivity index (χ0v) is 20.1. The van der Waals surface area contributed by atoms with Crippen molar-refractivity contribution in [2.75, 3.05) is 5.32 Å². The normalized spacial score (nSPS) is 12.7. The minimum atomic E-state index is -3.17. The average Bonchev–Trinajstić information content (AvgIpc) is 2.83. The van der Waals surface area contributed by atoms with Crippen LogP contribution in [0.1, 0.15) is 41.6 Å². The van der Waals surface area contributed by atoms with Crippen molar-refractivity contribution in [3.63, 3.8) is 0 Å². The molecule has 0 radical (unpaired) electrons. The summed E-state index contributed by atoms with van der Waals surface area (Å²) >= 11 is 6.25. The lowest BCUT2D eigenvalue weighted by Crippen LogP contribution is -2.22. The second-order valence-electron chi connectivity index (χ2n) is 8.58. The average molecular weight is 535 g/mol. The maximum Gasteiger partial charge on any atom is 0.262 e. The number of anilines is 1. The van der Waals surface area contributed by atoms with Gasteiger partial charge in [0.25, 0.3) is 6.43 Å². The van der Waals surface area contributed by atoms with Gasteiger partial charge in [-0.2, -0.15) is 0 Å². The summed E-state index contributed by atoms with van der Waals surface area (Å²) in [5.74, 6) is -2.66. The lowest BCUT2D eigenvalue weighted by atomic mass is 10.0. The number of amides is 1. The van der Waals surface area contributed by atoms with Crippen molar-refractivity contribution in [2.24, 2.45) is 5.73 Å². The molecule has 4 aromatic rings. The molecular weight excluding hydrogens is 516 g/mol. The van der Waals surface area contributed by atoms with Gasteiger partial charge < -0.3 is 16.2 Å². The third-order valence-electron chi connectivity index (χ3n) is 5.39. The number of benzene rings is 1. The molecule has 1 aromatic carbocycles. The van der Waals surface area contributed by atoms with Crippen molar-refractivity contribution in [1.29, 1.82) is 0 Å². The molecule has 0 aliphatic rings. The number of nitrogens with two attached hydrogens (primary N) is 1. The van der Waals surface area contributed by atoms with E-state index in [2.05, 4.69) is 25.3 Å². The van der Waals surface area contributed by atoms with Crippen LogP contribution in [0.5, 0.6) is 0 Å². The lowest BCUT2D eigenvalue weighted by Gasteiger charge is -2.22. The molecule has 0 saturated heterocycles. The van der Waals surface area contributed by atoms with Crippen LogP contribution >= 0.6 is 11.6 Å². The van der Waals surface area contributed by atoms with Crippen LogP contribution in [-0.4, -0.2) is 37.4 Å². The van der Waals surface area contributed by atoms with E-state index < -0.39 is 41.2 Å². The van der Waals surface area contributed by atoms with Crippen LogP contribution < -0.4 is 11.1 Å². The first kappa shape index (κ1) is 26.2. The largest absolute Gasteiger partial charge is 0.382 e. The molecule has 8 nitrogen and oxygen atoms in total. The molecular formula is C24H19ClF4N6O2. The fourth-order valence-electron chi connectivity index (χ4n) is 3.54. The van der Waals surface area contributed by atoms with Crippen LogP contribution in [0.2, 0.25) is 5.02 Å². The monoisotopic (exact) mass is 534 g/mol. The molecule has 37 heavy (non-hydrogen) atoms. The number of aromatic nitrogens is 4. The molecule has 0 fully saturated rings. The van der Waals surface area contributed by atoms with Gasteiger partial charge in [-0.25, -0.2) is 32.5 Å². The molecule has 0 spiro atoms. The molecule has 0 aliphatic heterocycles. The van der Waals surface area contributed by atoms with Gasteiger partial charge in [-0.3, -0.25) is 9.78 Å². The van der Waals surface area contributed by atoms with Crippen LogP contribution in [0.4, 0.5) is 23.2 Å². The highest BCUT2D eigenvalue weighted by Crippen LogP contribution is 2.36. The van der Waals surface area contributed by atoms with Gasteiger partial charge in [0.1, 0.15) is 28.7 Å². The van der Waals surface area contributed by atoms with Crippen molar-refractivity contribution in [3.8, 4) is 11.3 Å². The highest BCUT2D eigenvalue weighted by atomic mass is 35.5. The number of hydrogen-bond donors (Lipinski definition) is 3. The summed E-state index contributed by atoms with van der Waals surface area (Å²) in [5.41, 5.74) is 2.76. The van der Waals surface area contributed by atoms with E-state index in [1.54, 1.807) is 0 Å². The van der Waals surface area contributed by atoms with E-state index in [-0.39, 0.29) is 44.4 Å². The number of rotatable bonds is 7. The summed E-state index contributed by atoms with van der Waals surface area (Å²) in [6.45, 7) is 2.95. The van der Waals surface area contributed by atoms with Crippen molar-refractivity contribution in [1.82, 2.24) is 19.9 Å². The molecule has 1 amide bonds. The topological polar surface area (TPSA) is 127 Å². The standard InChI is InChI=1S/C24H19ClF4N6O2/c1-24(2,37)23-32-7-11(8-33-23)17-15(27)6-16-20(34-17)19(13(25)9-31-16)35-18(21(28)29)12-5-10(22(30)36)3-4-14(12)26/h3-9,18,21,37H,1-2H3,(H2,30,36)(H,31,35)/t18-/m0/s1. The Bertz CT molecular complexity index is 1500. The van der Waals surface area contributed by atoms with Crippen LogP contribution in [0.25, 0.3) is 22.3 Å². The Labute approximate surface area is 212 Å². The number of fused-ring (bicyclic) bond motifs is 1. The Morgan fingerprint density at radius 2 is 1.76 bits per heavy atom. The van der Waals surface area contributed by atoms with Crippen LogP contribution in [0, 0.1) is 11.6 Å². The Balaban J connectivity index is 1.84. The van der Waals surface area contributed by atoms with Gasteiger partial charge in [0.15, 0.2) is 11.6 Å². The van der Waals surface area contributed by atoms with Gasteiger partial charge in [0.2, 0.25) is 5.91 Å². The first-order valence-corrected chi connectivity index (χ1v) is 11.1. The number of nitrogens with one attached hydrogen (secondary N) is 1.